The van der Waals surface area contributed by atoms with Gasteiger partial charge >= 0.3 is 11.9 Å². The quantitative estimate of drug-likeness (QED) is 0.194. The first-order valence-corrected chi connectivity index (χ1v) is 12.7. The highest BCUT2D eigenvalue weighted by Gasteiger charge is 2.75. The maximum Gasteiger partial charge on any atom is 0.334 e. The molecule has 0 aromatic heterocycles. The number of carbonyl (C=O) groups is 2. The van der Waals surface area contributed by atoms with Gasteiger partial charge in [-0.25, -0.2) is 4.79 Å². The molecular weight excluding hydrogens is 492 g/mol. The van der Waals surface area contributed by atoms with Gasteiger partial charge in [0.25, 0.3) is 0 Å². The third-order valence-corrected chi connectivity index (χ3v) is 8.96. The van der Waals surface area contributed by atoms with Crippen molar-refractivity contribution < 1.29 is 58.4 Å². The number of carbonyl (C=O) groups excluding carboxylic acids is 2. The lowest BCUT2D eigenvalue weighted by Gasteiger charge is -2.43. The average molecular weight is 525 g/mol. The Morgan fingerprint density at radius 2 is 1.95 bits per heavy atom. The van der Waals surface area contributed by atoms with Crippen molar-refractivity contribution in [2.45, 2.75) is 81.5 Å². The SMILES string of the molecule is CC(C(=O)OC1C2C=COC(OC3OC(CO)C(O)C(O)C3O)C2C2(C)OC12)=C1CCC2C(=O)OCC12. The van der Waals surface area contributed by atoms with E-state index in [1.807, 2.05) is 6.92 Å². The smallest absolute Gasteiger partial charge is 0.334 e. The summed E-state index contributed by atoms with van der Waals surface area (Å²) in [5.74, 6) is -1.70. The molecule has 0 radical (unpaired) electrons. The Hall–Kier alpha value is -2.06. The van der Waals surface area contributed by atoms with Gasteiger partial charge in [0.05, 0.1) is 31.3 Å². The lowest BCUT2D eigenvalue weighted by molar-refractivity contribution is -0.344. The van der Waals surface area contributed by atoms with E-state index in [0.717, 1.165) is 5.57 Å². The molecule has 4 N–H and O–H groups in total. The molecule has 0 aromatic rings. The number of esters is 2. The van der Waals surface area contributed by atoms with E-state index < -0.39 is 73.3 Å². The predicted molar refractivity (Wildman–Crippen MR) is 119 cm³/mol. The summed E-state index contributed by atoms with van der Waals surface area (Å²) < 4.78 is 34.2. The minimum atomic E-state index is -1.59. The summed E-state index contributed by atoms with van der Waals surface area (Å²) in [4.78, 5) is 25.1. The van der Waals surface area contributed by atoms with Crippen LogP contribution in [0.2, 0.25) is 0 Å². The van der Waals surface area contributed by atoms with Crippen LogP contribution in [0.4, 0.5) is 0 Å². The van der Waals surface area contributed by atoms with E-state index in [1.54, 1.807) is 13.0 Å². The third kappa shape index (κ3) is 3.84. The van der Waals surface area contributed by atoms with Gasteiger partial charge in [0, 0.05) is 17.4 Å². The summed E-state index contributed by atoms with van der Waals surface area (Å²) in [7, 11) is 0. The third-order valence-electron chi connectivity index (χ3n) is 8.96. The monoisotopic (exact) mass is 524 g/mol. The number of aliphatic hydroxyl groups excluding tert-OH is 4. The number of aliphatic hydroxyl groups is 4. The standard InChI is InChI=1S/C25H32O12/c1-9(10-3-4-11-13(10)8-33-22(11)31)21(30)35-19-12-5-6-32-23(15(12)25(2)20(19)37-25)36-24-18(29)17(28)16(27)14(7-26)34-24/h5-6,11-20,23-24,26-29H,3-4,7-8H2,1-2H3. The normalized spacial score (nSPS) is 51.0. The Bertz CT molecular complexity index is 1020. The van der Waals surface area contributed by atoms with Crippen LogP contribution in [0.1, 0.15) is 26.7 Å². The molecule has 204 valence electrons. The zero-order chi connectivity index (χ0) is 26.2. The van der Waals surface area contributed by atoms with Gasteiger partial charge in [-0.2, -0.15) is 0 Å². The van der Waals surface area contributed by atoms with E-state index in [-0.39, 0.29) is 23.7 Å². The molecule has 37 heavy (non-hydrogen) atoms. The summed E-state index contributed by atoms with van der Waals surface area (Å²) >= 11 is 0. The Morgan fingerprint density at radius 3 is 2.70 bits per heavy atom. The minimum absolute atomic E-state index is 0.0851. The van der Waals surface area contributed by atoms with Crippen LogP contribution in [0.5, 0.6) is 0 Å². The van der Waals surface area contributed by atoms with Crippen LogP contribution in [0, 0.1) is 23.7 Å². The highest BCUT2D eigenvalue weighted by atomic mass is 16.8. The fourth-order valence-corrected chi connectivity index (χ4v) is 6.76. The average Bonchev–Trinajstić information content (AvgIpc) is 3.15. The van der Waals surface area contributed by atoms with Crippen molar-refractivity contribution in [1.29, 1.82) is 0 Å². The van der Waals surface area contributed by atoms with Crippen molar-refractivity contribution in [2.75, 3.05) is 13.2 Å². The molecule has 0 amide bonds. The molecule has 4 heterocycles. The van der Waals surface area contributed by atoms with Crippen molar-refractivity contribution in [3.8, 4) is 0 Å². The molecule has 0 bridgehead atoms. The topological polar surface area (TPSA) is 174 Å². The molecule has 13 unspecified atom stereocenters. The summed E-state index contributed by atoms with van der Waals surface area (Å²) in [5.41, 5.74) is 0.660. The number of cyclic esters (lactones) is 1. The van der Waals surface area contributed by atoms with Gasteiger partial charge in [-0.1, -0.05) is 5.57 Å². The molecule has 12 heteroatoms. The van der Waals surface area contributed by atoms with Crippen LogP contribution >= 0.6 is 0 Å². The van der Waals surface area contributed by atoms with Gasteiger partial charge in [0.1, 0.15) is 42.2 Å². The number of epoxide rings is 1. The first-order chi connectivity index (χ1) is 17.7. The first-order valence-electron chi connectivity index (χ1n) is 12.7. The summed E-state index contributed by atoms with van der Waals surface area (Å²) in [6.07, 6.45) is -4.64. The highest BCUT2D eigenvalue weighted by Crippen LogP contribution is 2.60. The molecular formula is C25H32O12. The molecule has 12 nitrogen and oxygen atoms in total. The number of ether oxygens (including phenoxy) is 6. The van der Waals surface area contributed by atoms with Gasteiger partial charge < -0.3 is 48.8 Å². The van der Waals surface area contributed by atoms with Crippen LogP contribution in [0.15, 0.2) is 23.5 Å². The van der Waals surface area contributed by atoms with Crippen LogP contribution in [-0.4, -0.2) is 100 Å². The Kier molecular flexibility index (Phi) is 6.14. The molecule has 13 atom stereocenters. The van der Waals surface area contributed by atoms with Crippen molar-refractivity contribution in [1.82, 2.24) is 0 Å². The van der Waals surface area contributed by atoms with Crippen molar-refractivity contribution in [3.63, 3.8) is 0 Å². The van der Waals surface area contributed by atoms with Crippen LogP contribution in [0.3, 0.4) is 0 Å². The summed E-state index contributed by atoms with van der Waals surface area (Å²) in [6.45, 7) is 3.29. The minimum Gasteiger partial charge on any atom is -0.472 e. The van der Waals surface area contributed by atoms with Gasteiger partial charge in [-0.3, -0.25) is 4.79 Å². The van der Waals surface area contributed by atoms with Gasteiger partial charge in [0.15, 0.2) is 6.29 Å². The van der Waals surface area contributed by atoms with Crippen molar-refractivity contribution >= 4 is 11.9 Å². The van der Waals surface area contributed by atoms with Gasteiger partial charge in [0.2, 0.25) is 6.29 Å². The fourth-order valence-electron chi connectivity index (χ4n) is 6.76. The number of fused-ring (bicyclic) bond motifs is 4. The molecule has 6 aliphatic rings. The molecule has 0 spiro atoms. The van der Waals surface area contributed by atoms with E-state index in [9.17, 15) is 30.0 Å². The van der Waals surface area contributed by atoms with Crippen molar-refractivity contribution in [2.24, 2.45) is 23.7 Å². The first kappa shape index (κ1) is 25.2. The second kappa shape index (κ2) is 9.01. The van der Waals surface area contributed by atoms with E-state index in [0.29, 0.717) is 25.0 Å². The zero-order valence-corrected chi connectivity index (χ0v) is 20.5. The molecule has 5 fully saturated rings. The molecule has 2 aliphatic carbocycles. The van der Waals surface area contributed by atoms with E-state index in [2.05, 4.69) is 0 Å². The Morgan fingerprint density at radius 1 is 1.16 bits per heavy atom. The summed E-state index contributed by atoms with van der Waals surface area (Å²) in [6, 6.07) is 0. The lowest BCUT2D eigenvalue weighted by atomic mass is 9.86. The van der Waals surface area contributed by atoms with Crippen LogP contribution < -0.4 is 0 Å². The van der Waals surface area contributed by atoms with Crippen molar-refractivity contribution in [3.05, 3.63) is 23.5 Å². The maximum absolute atomic E-state index is 13.2. The second-order valence-electron chi connectivity index (χ2n) is 10.9. The molecule has 3 saturated heterocycles. The van der Waals surface area contributed by atoms with Crippen LogP contribution in [-0.2, 0) is 38.0 Å². The Labute approximate surface area is 212 Å². The summed E-state index contributed by atoms with van der Waals surface area (Å²) in [5, 5.41) is 40.0. The number of rotatable bonds is 5. The van der Waals surface area contributed by atoms with Gasteiger partial charge in [-0.15, -0.1) is 0 Å². The highest BCUT2D eigenvalue weighted by molar-refractivity contribution is 5.90. The van der Waals surface area contributed by atoms with E-state index >= 15 is 0 Å². The largest absolute Gasteiger partial charge is 0.472 e. The number of hydrogen-bond donors (Lipinski definition) is 4. The zero-order valence-electron chi connectivity index (χ0n) is 20.5. The number of hydrogen-bond acceptors (Lipinski definition) is 12. The van der Waals surface area contributed by atoms with Crippen LogP contribution in [0.25, 0.3) is 0 Å². The molecule has 2 saturated carbocycles. The van der Waals surface area contributed by atoms with Gasteiger partial charge in [-0.05, 0) is 32.8 Å². The lowest BCUT2D eigenvalue weighted by Crippen LogP contribution is -2.60. The van der Waals surface area contributed by atoms with E-state index in [4.69, 9.17) is 28.4 Å². The molecule has 0 aromatic carbocycles. The molecule has 4 aliphatic heterocycles. The fraction of sp³-hybridized carbons (Fsp3) is 0.760. The Balaban J connectivity index is 1.17. The molecule has 6 rings (SSSR count). The maximum atomic E-state index is 13.2. The van der Waals surface area contributed by atoms with E-state index in [1.165, 1.54) is 6.26 Å². The second-order valence-corrected chi connectivity index (χ2v) is 10.9. The predicted octanol–water partition coefficient (Wildman–Crippen LogP) is -1.11.